The van der Waals surface area contributed by atoms with Gasteiger partial charge in [-0.25, -0.2) is 0 Å². The molecule has 0 bridgehead atoms. The molecule has 0 spiro atoms. The van der Waals surface area contributed by atoms with Crippen LogP contribution in [0, 0.1) is 0 Å². The molecule has 2 rings (SSSR count). The summed E-state index contributed by atoms with van der Waals surface area (Å²) < 4.78 is 5.45. The second-order valence-electron chi connectivity index (χ2n) is 5.58. The van der Waals surface area contributed by atoms with Crippen molar-refractivity contribution in [3.8, 4) is 5.75 Å². The summed E-state index contributed by atoms with van der Waals surface area (Å²) in [4.78, 5) is 22.7. The Bertz CT molecular complexity index is 710. The maximum absolute atomic E-state index is 11.9. The molecule has 5 nitrogen and oxygen atoms in total. The zero-order valence-electron chi connectivity index (χ0n) is 13.7. The van der Waals surface area contributed by atoms with E-state index in [1.54, 1.807) is 6.07 Å². The van der Waals surface area contributed by atoms with Gasteiger partial charge in [-0.3, -0.25) is 4.79 Å². The van der Waals surface area contributed by atoms with Crippen LogP contribution in [0.15, 0.2) is 48.5 Å². The Kier molecular flexibility index (Phi) is 5.95. The fourth-order valence-electron chi connectivity index (χ4n) is 2.20. The molecule has 2 aromatic rings. The van der Waals surface area contributed by atoms with Gasteiger partial charge >= 0.3 is 0 Å². The lowest BCUT2D eigenvalue weighted by molar-refractivity contribution is -0.255. The molecule has 0 aromatic heterocycles. The summed E-state index contributed by atoms with van der Waals surface area (Å²) >= 11 is 0. The van der Waals surface area contributed by atoms with Gasteiger partial charge < -0.3 is 20.0 Å². The quantitative estimate of drug-likeness (QED) is 0.848. The van der Waals surface area contributed by atoms with E-state index in [2.05, 4.69) is 19.2 Å². The lowest BCUT2D eigenvalue weighted by atomic mass is 9.99. The van der Waals surface area contributed by atoms with E-state index < -0.39 is 5.97 Å². The Balaban J connectivity index is 1.89. The van der Waals surface area contributed by atoms with Crippen LogP contribution in [-0.2, 0) is 4.79 Å². The van der Waals surface area contributed by atoms with Crippen LogP contribution in [0.25, 0.3) is 0 Å². The van der Waals surface area contributed by atoms with Crippen LogP contribution in [0.4, 0.5) is 5.69 Å². The maximum Gasteiger partial charge on any atom is 0.262 e. The van der Waals surface area contributed by atoms with E-state index in [4.69, 9.17) is 4.74 Å². The number of aromatic carboxylic acids is 1. The number of nitrogens with one attached hydrogen (secondary N) is 1. The number of hydrogen-bond donors (Lipinski definition) is 1. The van der Waals surface area contributed by atoms with Gasteiger partial charge in [-0.1, -0.05) is 38.1 Å². The van der Waals surface area contributed by atoms with Gasteiger partial charge in [0.15, 0.2) is 6.61 Å². The summed E-state index contributed by atoms with van der Waals surface area (Å²) in [5.74, 6) is -0.556. The van der Waals surface area contributed by atoms with Crippen LogP contribution >= 0.6 is 0 Å². The minimum absolute atomic E-state index is 0.00866. The zero-order valence-corrected chi connectivity index (χ0v) is 13.7. The molecule has 2 aromatic carbocycles. The minimum atomic E-state index is -1.29. The second-order valence-corrected chi connectivity index (χ2v) is 5.58. The first-order valence-electron chi connectivity index (χ1n) is 7.83. The molecular weight excluding hydrogens is 306 g/mol. The predicted molar refractivity (Wildman–Crippen MR) is 90.0 cm³/mol. The third-order valence-corrected chi connectivity index (χ3v) is 3.81. The number of carbonyl (C=O) groups is 2. The molecule has 0 heterocycles. The molecule has 0 fully saturated rings. The number of benzene rings is 2. The van der Waals surface area contributed by atoms with Gasteiger partial charge in [0.1, 0.15) is 5.75 Å². The van der Waals surface area contributed by atoms with Gasteiger partial charge in [-0.15, -0.1) is 0 Å². The number of anilines is 1. The zero-order chi connectivity index (χ0) is 17.5. The fraction of sp³-hybridized carbons (Fsp3) is 0.263. The fourth-order valence-corrected chi connectivity index (χ4v) is 2.20. The predicted octanol–water partition coefficient (Wildman–Crippen LogP) is 2.58. The van der Waals surface area contributed by atoms with E-state index in [0.717, 1.165) is 6.42 Å². The number of carboxylic acids is 1. The minimum Gasteiger partial charge on any atom is -0.545 e. The number of carbonyl (C=O) groups excluding carboxylic acids is 2. The summed E-state index contributed by atoms with van der Waals surface area (Å²) in [6, 6.07) is 13.5. The SMILES string of the molecule is CC[C@H](C)c1ccc(OCC(=O)Nc2cccc(C(=O)[O-])c2)cc1. The smallest absolute Gasteiger partial charge is 0.262 e. The first-order valence-corrected chi connectivity index (χ1v) is 7.83. The van der Waals surface area contributed by atoms with E-state index in [-0.39, 0.29) is 18.1 Å². The molecule has 0 saturated heterocycles. The number of ether oxygens (including phenoxy) is 1. The lowest BCUT2D eigenvalue weighted by Crippen LogP contribution is -2.23. The molecule has 24 heavy (non-hydrogen) atoms. The van der Waals surface area contributed by atoms with Crippen LogP contribution in [0.1, 0.15) is 42.1 Å². The van der Waals surface area contributed by atoms with Crippen molar-refractivity contribution in [3.63, 3.8) is 0 Å². The Morgan fingerprint density at radius 3 is 2.50 bits per heavy atom. The standard InChI is InChI=1S/C19H21NO4/c1-3-13(2)14-7-9-17(10-8-14)24-12-18(21)20-16-6-4-5-15(11-16)19(22)23/h4-11,13H,3,12H2,1-2H3,(H,20,21)(H,22,23)/p-1/t13-/m0/s1. The molecule has 1 N–H and O–H groups in total. The van der Waals surface area contributed by atoms with E-state index >= 15 is 0 Å². The Labute approximate surface area is 141 Å². The molecule has 0 saturated carbocycles. The highest BCUT2D eigenvalue weighted by atomic mass is 16.5. The average Bonchev–Trinajstić information content (AvgIpc) is 2.60. The van der Waals surface area contributed by atoms with Crippen LogP contribution in [0.5, 0.6) is 5.75 Å². The van der Waals surface area contributed by atoms with Crippen LogP contribution < -0.4 is 15.2 Å². The number of carboxylic acid groups (broad SMARTS) is 1. The largest absolute Gasteiger partial charge is 0.545 e. The average molecular weight is 326 g/mol. The molecule has 5 heteroatoms. The van der Waals surface area contributed by atoms with Crippen LogP contribution in [-0.4, -0.2) is 18.5 Å². The number of amides is 1. The maximum atomic E-state index is 11.9. The molecule has 0 aliphatic heterocycles. The molecule has 0 radical (unpaired) electrons. The summed E-state index contributed by atoms with van der Waals surface area (Å²) in [5.41, 5.74) is 1.63. The van der Waals surface area contributed by atoms with Gasteiger partial charge in [0, 0.05) is 5.69 Å². The number of rotatable bonds is 7. The molecule has 0 aliphatic carbocycles. The molecule has 1 amide bonds. The van der Waals surface area contributed by atoms with Gasteiger partial charge in [0.2, 0.25) is 0 Å². The molecule has 0 aliphatic rings. The van der Waals surface area contributed by atoms with Gasteiger partial charge in [-0.2, -0.15) is 0 Å². The highest BCUT2D eigenvalue weighted by molar-refractivity contribution is 5.94. The first-order chi connectivity index (χ1) is 11.5. The number of hydrogen-bond acceptors (Lipinski definition) is 4. The van der Waals surface area contributed by atoms with Crippen molar-refractivity contribution in [3.05, 3.63) is 59.7 Å². The van der Waals surface area contributed by atoms with E-state index in [1.807, 2.05) is 24.3 Å². The molecule has 126 valence electrons. The van der Waals surface area contributed by atoms with Gasteiger partial charge in [0.05, 0.1) is 5.97 Å². The van der Waals surface area contributed by atoms with Gasteiger partial charge in [0.25, 0.3) is 5.91 Å². The third kappa shape index (κ3) is 4.84. The second kappa shape index (κ2) is 8.15. The summed E-state index contributed by atoms with van der Waals surface area (Å²) in [6.45, 7) is 4.14. The van der Waals surface area contributed by atoms with Crippen molar-refractivity contribution in [1.29, 1.82) is 0 Å². The Hall–Kier alpha value is -2.82. The molecule has 0 unspecified atom stereocenters. The highest BCUT2D eigenvalue weighted by Gasteiger charge is 2.06. The lowest BCUT2D eigenvalue weighted by Gasteiger charge is -2.11. The monoisotopic (exact) mass is 326 g/mol. The third-order valence-electron chi connectivity index (χ3n) is 3.81. The van der Waals surface area contributed by atoms with Crippen molar-refractivity contribution in [1.82, 2.24) is 0 Å². The van der Waals surface area contributed by atoms with Gasteiger partial charge in [-0.05, 0) is 47.7 Å². The van der Waals surface area contributed by atoms with Crippen molar-refractivity contribution in [2.24, 2.45) is 0 Å². The molecule has 1 atom stereocenters. The normalized spacial score (nSPS) is 11.6. The van der Waals surface area contributed by atoms with Crippen molar-refractivity contribution in [2.45, 2.75) is 26.2 Å². The van der Waals surface area contributed by atoms with Crippen LogP contribution in [0.2, 0.25) is 0 Å². The van der Waals surface area contributed by atoms with Crippen LogP contribution in [0.3, 0.4) is 0 Å². The molecular formula is C19H20NO4-. The highest BCUT2D eigenvalue weighted by Crippen LogP contribution is 2.21. The summed E-state index contributed by atoms with van der Waals surface area (Å²) in [6.07, 6.45) is 1.06. The summed E-state index contributed by atoms with van der Waals surface area (Å²) in [7, 11) is 0. The van der Waals surface area contributed by atoms with E-state index in [1.165, 1.54) is 23.8 Å². The Morgan fingerprint density at radius 1 is 1.17 bits per heavy atom. The van der Waals surface area contributed by atoms with Crippen molar-refractivity contribution < 1.29 is 19.4 Å². The Morgan fingerprint density at radius 2 is 1.88 bits per heavy atom. The summed E-state index contributed by atoms with van der Waals surface area (Å²) in [5, 5.41) is 13.4. The van der Waals surface area contributed by atoms with Crippen molar-refractivity contribution in [2.75, 3.05) is 11.9 Å². The first kappa shape index (κ1) is 17.5. The topological polar surface area (TPSA) is 78.5 Å². The van der Waals surface area contributed by atoms with E-state index in [0.29, 0.717) is 17.4 Å². The van der Waals surface area contributed by atoms with E-state index in [9.17, 15) is 14.7 Å². The van der Waals surface area contributed by atoms with Crippen molar-refractivity contribution >= 4 is 17.6 Å².